The Morgan fingerprint density at radius 2 is 0.873 bits per heavy atom. The summed E-state index contributed by atoms with van der Waals surface area (Å²) in [6.07, 6.45) is 62.6. The molecule has 0 aromatic heterocycles. The zero-order valence-corrected chi connectivity index (χ0v) is 40.2. The highest BCUT2D eigenvalue weighted by atomic mass is 16.6. The van der Waals surface area contributed by atoms with E-state index in [0.29, 0.717) is 19.3 Å². The number of hydrogen-bond acceptors (Lipinski definition) is 6. The van der Waals surface area contributed by atoms with Crippen molar-refractivity contribution in [1.82, 2.24) is 0 Å². The number of quaternary nitrogens is 1. The summed E-state index contributed by atoms with van der Waals surface area (Å²) in [5.41, 5.74) is 0. The number of esters is 2. The van der Waals surface area contributed by atoms with Gasteiger partial charge in [0, 0.05) is 19.3 Å². The largest absolute Gasteiger partial charge is 0.477 e. The van der Waals surface area contributed by atoms with Crippen LogP contribution in [0, 0.1) is 0 Å². The van der Waals surface area contributed by atoms with Gasteiger partial charge in [0.05, 0.1) is 34.4 Å². The minimum absolute atomic E-state index is 0.0191. The van der Waals surface area contributed by atoms with Gasteiger partial charge in [0.1, 0.15) is 6.61 Å². The highest BCUT2D eigenvalue weighted by Gasteiger charge is 2.31. The Balaban J connectivity index is 4.40. The molecule has 1 N–H and O–H groups in total. The normalized spacial score (nSPS) is 14.0. The fraction of sp³-hybridized carbons (Fsp3) is 0.582. The van der Waals surface area contributed by atoms with E-state index in [1.807, 2.05) is 33.3 Å². The average molecular weight is 875 g/mol. The second kappa shape index (κ2) is 44.3. The zero-order chi connectivity index (χ0) is 46.3. The molecule has 0 amide bonds. The Morgan fingerprint density at radius 3 is 1.30 bits per heavy atom. The minimum atomic E-state index is -0.893. The van der Waals surface area contributed by atoms with Crippen molar-refractivity contribution in [2.45, 2.75) is 167 Å². The molecular weight excluding hydrogens is 787 g/mol. The van der Waals surface area contributed by atoms with E-state index in [9.17, 15) is 19.5 Å². The van der Waals surface area contributed by atoms with E-state index in [4.69, 9.17) is 14.2 Å². The molecule has 0 aromatic carbocycles. The molecule has 8 nitrogen and oxygen atoms in total. The van der Waals surface area contributed by atoms with Crippen molar-refractivity contribution in [2.75, 3.05) is 41.0 Å². The molecule has 63 heavy (non-hydrogen) atoms. The lowest BCUT2D eigenvalue weighted by Gasteiger charge is -2.31. The molecule has 2 atom stereocenters. The van der Waals surface area contributed by atoms with Crippen molar-refractivity contribution in [3.05, 3.63) is 122 Å². The zero-order valence-electron chi connectivity index (χ0n) is 40.2. The van der Waals surface area contributed by atoms with Crippen LogP contribution in [0.3, 0.4) is 0 Å². The fourth-order valence-corrected chi connectivity index (χ4v) is 6.22. The van der Waals surface area contributed by atoms with Crippen molar-refractivity contribution in [3.8, 4) is 0 Å². The number of rotatable bonds is 41. The van der Waals surface area contributed by atoms with Gasteiger partial charge in [-0.15, -0.1) is 0 Å². The van der Waals surface area contributed by atoms with Gasteiger partial charge in [-0.1, -0.05) is 167 Å². The van der Waals surface area contributed by atoms with Crippen LogP contribution < -0.4 is 0 Å². The van der Waals surface area contributed by atoms with Crippen LogP contribution in [0.2, 0.25) is 0 Å². The lowest BCUT2D eigenvalue weighted by Crippen LogP contribution is -2.50. The van der Waals surface area contributed by atoms with Gasteiger partial charge in [0.25, 0.3) is 0 Å². The molecule has 0 spiro atoms. The number of carboxylic acid groups (broad SMARTS) is 1. The molecule has 0 heterocycles. The number of likely N-dealkylation sites (N-methyl/N-ethyl adjacent to an activating group) is 1. The molecule has 354 valence electrons. The first-order valence-corrected chi connectivity index (χ1v) is 24.1. The van der Waals surface area contributed by atoms with Gasteiger partial charge in [0.2, 0.25) is 0 Å². The maximum Gasteiger partial charge on any atom is 0.362 e. The number of aliphatic carboxylic acids is 1. The van der Waals surface area contributed by atoms with Gasteiger partial charge >= 0.3 is 17.9 Å². The summed E-state index contributed by atoms with van der Waals surface area (Å²) in [5, 5.41) is 9.64. The third-order valence-corrected chi connectivity index (χ3v) is 9.87. The maximum atomic E-state index is 12.7. The number of carbonyl (C=O) groups excluding carboxylic acids is 2. The van der Waals surface area contributed by atoms with Crippen molar-refractivity contribution in [3.63, 3.8) is 0 Å². The van der Waals surface area contributed by atoms with E-state index in [2.05, 4.69) is 123 Å². The van der Waals surface area contributed by atoms with E-state index in [0.717, 1.165) is 96.3 Å². The average Bonchev–Trinajstić information content (AvgIpc) is 3.24. The van der Waals surface area contributed by atoms with Crippen LogP contribution in [0.25, 0.3) is 0 Å². The third kappa shape index (κ3) is 42.8. The van der Waals surface area contributed by atoms with Crippen molar-refractivity contribution < 1.29 is 38.2 Å². The first-order valence-electron chi connectivity index (χ1n) is 24.1. The number of hydrogen-bond donors (Lipinski definition) is 1. The Hall–Kier alpha value is -4.27. The Bertz CT molecular complexity index is 1440. The smallest absolute Gasteiger partial charge is 0.362 e. The molecule has 8 heteroatoms. The Kier molecular flexibility index (Phi) is 41.3. The highest BCUT2D eigenvalue weighted by molar-refractivity contribution is 5.72. The Labute approximate surface area is 384 Å². The lowest BCUT2D eigenvalue weighted by molar-refractivity contribution is -0.887. The second-order valence-corrected chi connectivity index (χ2v) is 16.6. The fourth-order valence-electron chi connectivity index (χ4n) is 6.22. The molecule has 0 saturated heterocycles. The molecule has 0 aliphatic carbocycles. The summed E-state index contributed by atoms with van der Waals surface area (Å²) in [5.74, 6) is -1.61. The van der Waals surface area contributed by atoms with Crippen LogP contribution in [0.15, 0.2) is 122 Å². The van der Waals surface area contributed by atoms with Crippen LogP contribution in [-0.2, 0) is 28.6 Å². The first kappa shape index (κ1) is 58.7. The van der Waals surface area contributed by atoms with Crippen LogP contribution in [0.4, 0.5) is 0 Å². The van der Waals surface area contributed by atoms with Gasteiger partial charge in [0.15, 0.2) is 12.1 Å². The van der Waals surface area contributed by atoms with E-state index in [-0.39, 0.29) is 36.7 Å². The van der Waals surface area contributed by atoms with Crippen molar-refractivity contribution in [1.29, 1.82) is 0 Å². The van der Waals surface area contributed by atoms with Crippen LogP contribution >= 0.6 is 0 Å². The van der Waals surface area contributed by atoms with Gasteiger partial charge < -0.3 is 23.8 Å². The first-order chi connectivity index (χ1) is 30.6. The summed E-state index contributed by atoms with van der Waals surface area (Å²) in [7, 11) is 5.49. The number of ether oxygens (including phenoxy) is 3. The lowest BCUT2D eigenvalue weighted by atomic mass is 10.1. The van der Waals surface area contributed by atoms with E-state index >= 15 is 0 Å². The van der Waals surface area contributed by atoms with E-state index in [1.165, 1.54) is 19.3 Å². The van der Waals surface area contributed by atoms with Crippen molar-refractivity contribution in [2.24, 2.45) is 0 Å². The summed E-state index contributed by atoms with van der Waals surface area (Å²) < 4.78 is 17.2. The molecule has 0 rings (SSSR count). The topological polar surface area (TPSA) is 99.1 Å². The summed E-state index contributed by atoms with van der Waals surface area (Å²) in [6, 6.07) is -0.637. The number of nitrogens with zero attached hydrogens (tertiary/aromatic N) is 1. The summed E-state index contributed by atoms with van der Waals surface area (Å²) in [6.45, 7) is 4.39. The highest BCUT2D eigenvalue weighted by Crippen LogP contribution is 2.12. The maximum absolute atomic E-state index is 12.7. The quantitative estimate of drug-likeness (QED) is 0.0283. The molecule has 2 unspecified atom stereocenters. The minimum Gasteiger partial charge on any atom is -0.477 e. The van der Waals surface area contributed by atoms with E-state index in [1.54, 1.807) is 0 Å². The number of unbranched alkanes of at least 4 members (excludes halogenated alkanes) is 7. The predicted molar refractivity (Wildman–Crippen MR) is 265 cm³/mol. The molecule has 0 bridgehead atoms. The van der Waals surface area contributed by atoms with Crippen LogP contribution in [-0.4, -0.2) is 80.6 Å². The summed E-state index contributed by atoms with van der Waals surface area (Å²) >= 11 is 0. The predicted octanol–water partition coefficient (Wildman–Crippen LogP) is 13.8. The summed E-state index contributed by atoms with van der Waals surface area (Å²) in [4.78, 5) is 37.1. The monoisotopic (exact) mass is 875 g/mol. The van der Waals surface area contributed by atoms with Crippen LogP contribution in [0.1, 0.15) is 155 Å². The third-order valence-electron chi connectivity index (χ3n) is 9.87. The number of carbonyl (C=O) groups is 3. The SMILES string of the molecule is CC/C=C/C/C=C/C/C=C/C/C=C/C/C=C/CCCCCCCCCC(=O)OCC(COCCC(C(=O)O)[N+](C)(C)C)OC(=O)CC/C=C/C/C=C/C/C=C/C/C=C/C/C=C/CC. The van der Waals surface area contributed by atoms with Crippen molar-refractivity contribution >= 4 is 17.9 Å². The molecule has 0 radical (unpaired) electrons. The van der Waals surface area contributed by atoms with Gasteiger partial charge in [-0.3, -0.25) is 9.59 Å². The van der Waals surface area contributed by atoms with Gasteiger partial charge in [-0.2, -0.15) is 0 Å². The second-order valence-electron chi connectivity index (χ2n) is 16.6. The molecular formula is C55H88NO7+. The molecule has 0 saturated carbocycles. The Morgan fingerprint density at radius 1 is 0.476 bits per heavy atom. The number of carboxylic acids is 1. The van der Waals surface area contributed by atoms with Gasteiger partial charge in [-0.05, 0) is 89.9 Å². The standard InChI is InChI=1S/C55H87NO7/c1-6-8-10-12-14-16-18-20-22-24-25-26-27-28-29-30-32-33-35-37-39-41-43-45-53(57)62-50-51(49-61-48-47-52(55(59)60)56(3,4)5)63-54(58)46-44-42-40-38-36-34-31-23-21-19-17-15-13-11-9-7-2/h8-11,14-17,20-23,25-26,28-29,34,36,40,42,51-52H,6-7,12-13,18-19,24,27,30-33,35,37-39,41,43-50H2,1-5H3/p+1/b10-8+,11-9+,16-14+,17-15+,22-20+,23-21+,26-25+,29-28+,36-34+,42-40+. The van der Waals surface area contributed by atoms with Gasteiger partial charge in [-0.25, -0.2) is 4.79 Å². The molecule has 0 fully saturated rings. The molecule has 0 aromatic rings. The van der Waals surface area contributed by atoms with Crippen LogP contribution in [0.5, 0.6) is 0 Å². The molecule has 0 aliphatic rings. The number of allylic oxidation sites excluding steroid dienone is 20. The molecule has 0 aliphatic heterocycles. The van der Waals surface area contributed by atoms with E-state index < -0.39 is 24.1 Å².